The summed E-state index contributed by atoms with van der Waals surface area (Å²) in [7, 11) is 0.0284. The van der Waals surface area contributed by atoms with E-state index in [-0.39, 0.29) is 35.6 Å². The molecule has 0 radical (unpaired) electrons. The lowest BCUT2D eigenvalue weighted by Crippen LogP contribution is -2.51. The van der Waals surface area contributed by atoms with Crippen LogP contribution < -0.4 is 14.7 Å². The second kappa shape index (κ2) is 18.9. The standard InChI is InChI=1S/C34H43FN7O4S.C5H12.C2H6/c1-10-45-23(5)41-18-25(19-42(41)34(6,7)8)30-31(46-21(2)3)32-38-33(39-40(32)20-36-30)37-29-15-14-27(17-28(29)35)47(43)26-13-11-12-24(16-26)22(4)44-9;1-5(2,3)4;1-2/h11-23H,10H2,1-9H3,(H,37,39);1-4H3;1-2H3/q+1;;. The number of hydrogen-bond donors (Lipinski definition) is 1. The molecule has 0 aliphatic carbocycles. The first-order chi connectivity index (χ1) is 25.3. The number of halogens is 1. The minimum Gasteiger partial charge on any atom is -0.485 e. The summed E-state index contributed by atoms with van der Waals surface area (Å²) in [4.78, 5) is 10.3. The predicted molar refractivity (Wildman–Crippen MR) is 214 cm³/mol. The van der Waals surface area contributed by atoms with E-state index in [9.17, 15) is 4.21 Å². The molecule has 0 saturated carbocycles. The molecular formula is C41H61FN7O4S+. The van der Waals surface area contributed by atoms with Crippen LogP contribution in [0.25, 0.3) is 16.9 Å². The van der Waals surface area contributed by atoms with Gasteiger partial charge in [-0.1, -0.05) is 58.4 Å². The molecule has 0 spiro atoms. The molecule has 3 unspecified atom stereocenters. The van der Waals surface area contributed by atoms with Crippen molar-refractivity contribution in [2.75, 3.05) is 19.0 Å². The largest absolute Gasteiger partial charge is 0.485 e. The second-order valence-electron chi connectivity index (χ2n) is 15.4. The lowest BCUT2D eigenvalue weighted by Gasteiger charge is -2.20. The zero-order valence-electron chi connectivity index (χ0n) is 34.8. The molecule has 1 N–H and O–H groups in total. The van der Waals surface area contributed by atoms with Gasteiger partial charge in [-0.3, -0.25) is 0 Å². The number of benzene rings is 2. The quantitative estimate of drug-likeness (QED) is 0.125. The van der Waals surface area contributed by atoms with Crippen LogP contribution in [0.5, 0.6) is 5.75 Å². The Labute approximate surface area is 323 Å². The molecule has 3 heterocycles. The van der Waals surface area contributed by atoms with Gasteiger partial charge in [-0.15, -0.1) is 5.10 Å². The van der Waals surface area contributed by atoms with Crippen molar-refractivity contribution in [1.82, 2.24) is 24.3 Å². The molecule has 296 valence electrons. The normalized spacial score (nSPS) is 13.4. The molecule has 0 aliphatic heterocycles. The van der Waals surface area contributed by atoms with Gasteiger partial charge in [-0.05, 0) is 89.8 Å². The van der Waals surface area contributed by atoms with Crippen molar-refractivity contribution >= 4 is 28.1 Å². The third-order valence-electron chi connectivity index (χ3n) is 7.52. The Kier molecular flexibility index (Phi) is 15.5. The van der Waals surface area contributed by atoms with Crippen molar-refractivity contribution in [2.45, 2.75) is 131 Å². The molecule has 54 heavy (non-hydrogen) atoms. The molecule has 5 aromatic rings. The molecule has 5 rings (SSSR count). The number of fused-ring (bicyclic) bond motifs is 1. The van der Waals surface area contributed by atoms with E-state index in [0.29, 0.717) is 38.9 Å². The van der Waals surface area contributed by atoms with E-state index >= 15 is 4.39 Å². The molecule has 11 nitrogen and oxygen atoms in total. The van der Waals surface area contributed by atoms with Gasteiger partial charge in [0.15, 0.2) is 5.75 Å². The molecule has 2 aromatic carbocycles. The summed E-state index contributed by atoms with van der Waals surface area (Å²) in [6.07, 6.45) is 5.02. The summed E-state index contributed by atoms with van der Waals surface area (Å²) in [6, 6.07) is 11.7. The first-order valence-corrected chi connectivity index (χ1v) is 19.7. The van der Waals surface area contributed by atoms with Crippen LogP contribution in [0.4, 0.5) is 16.0 Å². The van der Waals surface area contributed by atoms with Crippen LogP contribution in [0.3, 0.4) is 0 Å². The van der Waals surface area contributed by atoms with Gasteiger partial charge in [-0.2, -0.15) is 14.2 Å². The Morgan fingerprint density at radius 1 is 0.981 bits per heavy atom. The van der Waals surface area contributed by atoms with Gasteiger partial charge in [0, 0.05) is 23.8 Å². The number of rotatable bonds is 12. The average molecular weight is 767 g/mol. The maximum atomic E-state index is 15.4. The summed E-state index contributed by atoms with van der Waals surface area (Å²) >= 11 is 0. The number of ether oxygens (including phenoxy) is 3. The Morgan fingerprint density at radius 3 is 2.20 bits per heavy atom. The predicted octanol–water partition coefficient (Wildman–Crippen LogP) is 9.81. The molecule has 0 saturated heterocycles. The van der Waals surface area contributed by atoms with Crippen molar-refractivity contribution in [3.05, 3.63) is 72.6 Å². The lowest BCUT2D eigenvalue weighted by molar-refractivity contribution is -0.831. The highest BCUT2D eigenvalue weighted by Crippen LogP contribution is 2.34. The molecule has 0 amide bonds. The van der Waals surface area contributed by atoms with Crippen LogP contribution in [0.1, 0.15) is 115 Å². The molecule has 13 heteroatoms. The van der Waals surface area contributed by atoms with Crippen LogP contribution in [-0.2, 0) is 25.8 Å². The third-order valence-corrected chi connectivity index (χ3v) is 8.88. The molecule has 0 fully saturated rings. The fourth-order valence-corrected chi connectivity index (χ4v) is 6.24. The van der Waals surface area contributed by atoms with E-state index < -0.39 is 16.6 Å². The molecule has 3 atom stereocenters. The zero-order chi connectivity index (χ0) is 40.5. The molecule has 0 aliphatic rings. The zero-order valence-corrected chi connectivity index (χ0v) is 35.6. The van der Waals surface area contributed by atoms with Crippen molar-refractivity contribution < 1.29 is 27.5 Å². The maximum Gasteiger partial charge on any atom is 0.283 e. The Bertz CT molecular complexity index is 1990. The van der Waals surface area contributed by atoms with E-state index in [1.54, 1.807) is 25.6 Å². The van der Waals surface area contributed by atoms with Crippen LogP contribution in [0, 0.1) is 11.2 Å². The molecule has 3 aromatic heterocycles. The minimum atomic E-state index is -1.59. The topological polar surface area (TPSA) is 109 Å². The molecular weight excluding hydrogens is 706 g/mol. The highest BCUT2D eigenvalue weighted by atomic mass is 32.2. The van der Waals surface area contributed by atoms with E-state index in [2.05, 4.69) is 68.5 Å². The maximum absolute atomic E-state index is 15.4. The van der Waals surface area contributed by atoms with E-state index in [1.165, 1.54) is 16.6 Å². The van der Waals surface area contributed by atoms with Gasteiger partial charge in [0.1, 0.15) is 17.8 Å². The smallest absolute Gasteiger partial charge is 0.283 e. The van der Waals surface area contributed by atoms with Gasteiger partial charge < -0.3 is 19.5 Å². The number of methoxy groups -OCH3 is 1. The number of nitrogens with zero attached hydrogens (tertiary/aromatic N) is 6. The fourth-order valence-electron chi connectivity index (χ4n) is 5.12. The SMILES string of the molecule is CC.CC(C)(C)C.CCOC(C)[n+]1cc(-c2ncn3nc(Nc4ccc(S(=O)c5cccc(C(C)OC)c5)cc4F)nc3c2OC(C)C)cn1C(C)(C)C. The number of aromatic nitrogens is 6. The monoisotopic (exact) mass is 766 g/mol. The number of anilines is 2. The summed E-state index contributed by atoms with van der Waals surface area (Å²) in [5.74, 6) is 0.00511. The summed E-state index contributed by atoms with van der Waals surface area (Å²) < 4.78 is 51.9. The van der Waals surface area contributed by atoms with Gasteiger partial charge in [0.25, 0.3) is 6.23 Å². The van der Waals surface area contributed by atoms with Gasteiger partial charge >= 0.3 is 0 Å². The van der Waals surface area contributed by atoms with Crippen molar-refractivity contribution in [3.8, 4) is 17.0 Å². The fraction of sp³-hybridized carbons (Fsp3) is 0.512. The van der Waals surface area contributed by atoms with Gasteiger partial charge in [0.05, 0.1) is 52.6 Å². The van der Waals surface area contributed by atoms with Crippen molar-refractivity contribution in [3.63, 3.8) is 0 Å². The number of nitrogens with one attached hydrogen (secondary N) is 1. The van der Waals surface area contributed by atoms with Crippen LogP contribution in [0.2, 0.25) is 0 Å². The minimum absolute atomic E-state index is 0.135. The van der Waals surface area contributed by atoms with Crippen LogP contribution in [-0.4, -0.2) is 48.3 Å². The first-order valence-electron chi connectivity index (χ1n) is 18.6. The summed E-state index contributed by atoms with van der Waals surface area (Å²) in [6.45, 7) is 29.4. The average Bonchev–Trinajstić information content (AvgIpc) is 3.74. The number of hydrogen-bond acceptors (Lipinski definition) is 8. The third kappa shape index (κ3) is 11.6. The van der Waals surface area contributed by atoms with E-state index in [4.69, 9.17) is 19.2 Å². The highest BCUT2D eigenvalue weighted by Gasteiger charge is 2.31. The van der Waals surface area contributed by atoms with Gasteiger partial charge in [-0.25, -0.2) is 13.6 Å². The summed E-state index contributed by atoms with van der Waals surface area (Å²) in [5.41, 5.74) is 3.11. The van der Waals surface area contributed by atoms with Crippen LogP contribution in [0.15, 0.2) is 71.0 Å². The van der Waals surface area contributed by atoms with Crippen LogP contribution >= 0.6 is 0 Å². The first kappa shape index (κ1) is 44.2. The van der Waals surface area contributed by atoms with E-state index in [0.717, 1.165) is 11.1 Å². The van der Waals surface area contributed by atoms with E-state index in [1.807, 2.05) is 83.7 Å². The van der Waals surface area contributed by atoms with Gasteiger partial charge in [0.2, 0.25) is 17.8 Å². The highest BCUT2D eigenvalue weighted by molar-refractivity contribution is 7.85. The van der Waals surface area contributed by atoms with Crippen molar-refractivity contribution in [1.29, 1.82) is 0 Å². The Balaban J connectivity index is 0.00000103. The Morgan fingerprint density at radius 2 is 1.63 bits per heavy atom. The summed E-state index contributed by atoms with van der Waals surface area (Å²) in [5, 5.41) is 7.45. The second-order valence-corrected chi connectivity index (χ2v) is 16.9. The molecule has 0 bridgehead atoms. The Hall–Kier alpha value is -4.20. The lowest BCUT2D eigenvalue weighted by atomic mass is 10.0. The van der Waals surface area contributed by atoms with Crippen molar-refractivity contribution in [2.24, 2.45) is 5.41 Å².